The summed E-state index contributed by atoms with van der Waals surface area (Å²) in [4.78, 5) is 4.59. The lowest BCUT2D eigenvalue weighted by molar-refractivity contribution is 0.0338. The van der Waals surface area contributed by atoms with E-state index in [1.54, 1.807) is 0 Å². The molecule has 2 heterocycles. The van der Waals surface area contributed by atoms with E-state index in [1.165, 1.54) is 0 Å². The molecule has 2 saturated heterocycles. The van der Waals surface area contributed by atoms with Gasteiger partial charge in [0.25, 0.3) is 0 Å². The van der Waals surface area contributed by atoms with Gasteiger partial charge in [-0.25, -0.2) is 13.1 Å². The number of hydrogen-bond donors (Lipinski definition) is 1. The molecule has 2 rings (SSSR count). The molecule has 0 bridgehead atoms. The van der Waals surface area contributed by atoms with Crippen LogP contribution in [0.3, 0.4) is 0 Å². The van der Waals surface area contributed by atoms with Crippen LogP contribution in [0, 0.1) is 0 Å². The van der Waals surface area contributed by atoms with Gasteiger partial charge in [-0.1, -0.05) is 0 Å². The van der Waals surface area contributed by atoms with Gasteiger partial charge in [-0.3, -0.25) is 9.80 Å². The van der Waals surface area contributed by atoms with Crippen molar-refractivity contribution in [3.63, 3.8) is 0 Å². The highest BCUT2D eigenvalue weighted by molar-refractivity contribution is 7.89. The summed E-state index contributed by atoms with van der Waals surface area (Å²) < 4.78 is 30.6. The van der Waals surface area contributed by atoms with Crippen LogP contribution < -0.4 is 4.72 Å². The van der Waals surface area contributed by atoms with Crippen molar-refractivity contribution in [1.29, 1.82) is 0 Å². The average molecular weight is 263 g/mol. The van der Waals surface area contributed by atoms with E-state index in [9.17, 15) is 8.42 Å². The summed E-state index contributed by atoms with van der Waals surface area (Å²) in [6.07, 6.45) is 0. The number of nitrogens with one attached hydrogen (secondary N) is 1. The second-order valence-electron chi connectivity index (χ2n) is 4.51. The first-order chi connectivity index (χ1) is 8.16. The molecule has 0 aromatic carbocycles. The van der Waals surface area contributed by atoms with E-state index in [0.717, 1.165) is 45.9 Å². The highest BCUT2D eigenvalue weighted by atomic mass is 32.2. The molecule has 1 N–H and O–H groups in total. The van der Waals surface area contributed by atoms with Crippen molar-refractivity contribution < 1.29 is 13.2 Å². The second-order valence-corrected chi connectivity index (χ2v) is 6.44. The molecule has 0 aromatic heterocycles. The number of morpholine rings is 1. The van der Waals surface area contributed by atoms with Crippen LogP contribution in [-0.4, -0.2) is 83.0 Å². The zero-order valence-electron chi connectivity index (χ0n) is 10.1. The zero-order valence-corrected chi connectivity index (χ0v) is 10.9. The smallest absolute Gasteiger partial charge is 0.212 e. The number of nitrogens with zero attached hydrogens (tertiary/aromatic N) is 2. The fourth-order valence-electron chi connectivity index (χ4n) is 2.12. The van der Waals surface area contributed by atoms with Crippen LogP contribution in [0.15, 0.2) is 0 Å². The van der Waals surface area contributed by atoms with Crippen LogP contribution in [0.4, 0.5) is 0 Å². The van der Waals surface area contributed by atoms with Crippen LogP contribution >= 0.6 is 0 Å². The largest absolute Gasteiger partial charge is 0.379 e. The summed E-state index contributed by atoms with van der Waals surface area (Å²) in [6, 6.07) is 0. The molecule has 2 fully saturated rings. The zero-order chi connectivity index (χ0) is 12.1. The third-order valence-corrected chi connectivity index (χ3v) is 4.63. The monoisotopic (exact) mass is 263 g/mol. The Kier molecular flexibility index (Phi) is 4.75. The van der Waals surface area contributed by atoms with E-state index in [4.69, 9.17) is 4.74 Å². The van der Waals surface area contributed by atoms with Gasteiger partial charge in [0.05, 0.1) is 19.0 Å². The Bertz CT molecular complexity index is 328. The summed E-state index contributed by atoms with van der Waals surface area (Å²) in [7, 11) is -3.02. The summed E-state index contributed by atoms with van der Waals surface area (Å²) in [5, 5.41) is 0. The molecule has 0 unspecified atom stereocenters. The quantitative estimate of drug-likeness (QED) is 0.675. The second kappa shape index (κ2) is 6.10. The van der Waals surface area contributed by atoms with Gasteiger partial charge in [-0.05, 0) is 0 Å². The number of rotatable bonds is 3. The minimum absolute atomic E-state index is 0.218. The molecule has 7 heteroatoms. The Morgan fingerprint density at radius 2 is 1.65 bits per heavy atom. The fourth-order valence-corrected chi connectivity index (χ4v) is 3.17. The van der Waals surface area contributed by atoms with Crippen LogP contribution in [0.5, 0.6) is 0 Å². The molecule has 0 spiro atoms. The van der Waals surface area contributed by atoms with Gasteiger partial charge < -0.3 is 4.74 Å². The maximum atomic E-state index is 11.4. The lowest BCUT2D eigenvalue weighted by Crippen LogP contribution is -2.42. The summed E-state index contributed by atoms with van der Waals surface area (Å²) in [6.45, 7) is 7.54. The van der Waals surface area contributed by atoms with Gasteiger partial charge in [-0.2, -0.15) is 0 Å². The SMILES string of the molecule is O=S1(=O)CCN(CCN2CCOCC2)CCN1. The van der Waals surface area contributed by atoms with Crippen LogP contribution in [0.1, 0.15) is 0 Å². The van der Waals surface area contributed by atoms with Gasteiger partial charge >= 0.3 is 0 Å². The Balaban J connectivity index is 1.71. The number of hydrogen-bond acceptors (Lipinski definition) is 5. The number of sulfonamides is 1. The summed E-state index contributed by atoms with van der Waals surface area (Å²) >= 11 is 0. The topological polar surface area (TPSA) is 61.9 Å². The minimum Gasteiger partial charge on any atom is -0.379 e. The Morgan fingerprint density at radius 3 is 2.35 bits per heavy atom. The summed E-state index contributed by atoms with van der Waals surface area (Å²) in [5.74, 6) is 0.218. The number of ether oxygens (including phenoxy) is 1. The molecule has 2 aliphatic rings. The van der Waals surface area contributed by atoms with Gasteiger partial charge in [0.1, 0.15) is 0 Å². The molecule has 0 saturated carbocycles. The Morgan fingerprint density at radius 1 is 1.00 bits per heavy atom. The van der Waals surface area contributed by atoms with Crippen LogP contribution in [-0.2, 0) is 14.8 Å². The van der Waals surface area contributed by atoms with E-state index in [2.05, 4.69) is 14.5 Å². The van der Waals surface area contributed by atoms with E-state index < -0.39 is 10.0 Å². The van der Waals surface area contributed by atoms with Gasteiger partial charge in [0, 0.05) is 45.8 Å². The third kappa shape index (κ3) is 4.51. The molecule has 2 aliphatic heterocycles. The van der Waals surface area contributed by atoms with Crippen LogP contribution in [0.2, 0.25) is 0 Å². The van der Waals surface area contributed by atoms with Crippen molar-refractivity contribution in [3.05, 3.63) is 0 Å². The predicted molar refractivity (Wildman–Crippen MR) is 65.5 cm³/mol. The van der Waals surface area contributed by atoms with Crippen molar-refractivity contribution in [2.24, 2.45) is 0 Å². The lowest BCUT2D eigenvalue weighted by atomic mass is 10.4. The van der Waals surface area contributed by atoms with Gasteiger partial charge in [0.2, 0.25) is 10.0 Å². The van der Waals surface area contributed by atoms with E-state index in [0.29, 0.717) is 13.1 Å². The molecule has 0 atom stereocenters. The molecule has 0 aliphatic carbocycles. The van der Waals surface area contributed by atoms with E-state index in [1.807, 2.05) is 0 Å². The molecular formula is C10H21N3O3S. The third-order valence-electron chi connectivity index (χ3n) is 3.26. The average Bonchev–Trinajstić information content (AvgIpc) is 2.49. The fraction of sp³-hybridized carbons (Fsp3) is 1.00. The molecule has 6 nitrogen and oxygen atoms in total. The Hall–Kier alpha value is -0.210. The van der Waals surface area contributed by atoms with Gasteiger partial charge in [-0.15, -0.1) is 0 Å². The first-order valence-corrected chi connectivity index (χ1v) is 7.81. The first-order valence-electron chi connectivity index (χ1n) is 6.15. The van der Waals surface area contributed by atoms with Gasteiger partial charge in [0.15, 0.2) is 0 Å². The molecule has 17 heavy (non-hydrogen) atoms. The summed E-state index contributed by atoms with van der Waals surface area (Å²) in [5.41, 5.74) is 0. The van der Waals surface area contributed by atoms with E-state index in [-0.39, 0.29) is 5.75 Å². The molecular weight excluding hydrogens is 242 g/mol. The van der Waals surface area contributed by atoms with Crippen molar-refractivity contribution in [1.82, 2.24) is 14.5 Å². The maximum Gasteiger partial charge on any atom is 0.212 e. The van der Waals surface area contributed by atoms with Crippen molar-refractivity contribution in [2.45, 2.75) is 0 Å². The van der Waals surface area contributed by atoms with Crippen LogP contribution in [0.25, 0.3) is 0 Å². The lowest BCUT2D eigenvalue weighted by Gasteiger charge is -2.29. The van der Waals surface area contributed by atoms with Crippen molar-refractivity contribution >= 4 is 10.0 Å². The van der Waals surface area contributed by atoms with Crippen molar-refractivity contribution in [2.75, 3.05) is 64.8 Å². The molecule has 100 valence electrons. The molecule has 0 amide bonds. The maximum absolute atomic E-state index is 11.4. The first kappa shape index (κ1) is 13.2. The highest BCUT2D eigenvalue weighted by Crippen LogP contribution is 2.00. The normalized spacial score (nSPS) is 27.8. The Labute approximate surface area is 103 Å². The minimum atomic E-state index is -3.02. The molecule has 0 radical (unpaired) electrons. The van der Waals surface area contributed by atoms with Crippen molar-refractivity contribution in [3.8, 4) is 0 Å². The van der Waals surface area contributed by atoms with E-state index >= 15 is 0 Å². The molecule has 0 aromatic rings. The standard InChI is InChI=1S/C10H21N3O3S/c14-17(15)10-7-12(2-1-11-17)3-4-13-5-8-16-9-6-13/h11H,1-10H2. The predicted octanol–water partition coefficient (Wildman–Crippen LogP) is -1.45. The highest BCUT2D eigenvalue weighted by Gasteiger charge is 2.19.